The van der Waals surface area contributed by atoms with Crippen LogP contribution in [0.1, 0.15) is 51.9 Å². The largest absolute Gasteiger partial charge is 0.294 e. The van der Waals surface area contributed by atoms with E-state index in [-0.39, 0.29) is 5.41 Å². The lowest BCUT2D eigenvalue weighted by Crippen LogP contribution is -2.49. The van der Waals surface area contributed by atoms with Gasteiger partial charge in [-0.15, -0.1) is 0 Å². The second-order valence-electron chi connectivity index (χ2n) is 8.91. The highest BCUT2D eigenvalue weighted by Crippen LogP contribution is 2.63. The normalized spacial score (nSPS) is 48.3. The molecule has 0 bridgehead atoms. The van der Waals surface area contributed by atoms with Crippen molar-refractivity contribution >= 4 is 27.4 Å². The molecule has 5 rings (SSSR count). The summed E-state index contributed by atoms with van der Waals surface area (Å²) in [4.78, 5) is 12.7. The molecule has 25 heavy (non-hydrogen) atoms. The number of ketones is 1. The number of allylic oxidation sites excluding steroid dienone is 4. The van der Waals surface area contributed by atoms with Crippen LogP contribution < -0.4 is 0 Å². The lowest BCUT2D eigenvalue weighted by molar-refractivity contribution is -0.128. The molecule has 5 aliphatic rings. The molecule has 1 unspecified atom stereocenters. The van der Waals surface area contributed by atoms with E-state index in [1.165, 1.54) is 43.4 Å². The Balaban J connectivity index is 1.49. The molecule has 1 saturated heterocycles. The molecule has 1 nitrogen and oxygen atoms in total. The highest BCUT2D eigenvalue weighted by Gasteiger charge is 2.57. The van der Waals surface area contributed by atoms with Crippen LogP contribution in [0.5, 0.6) is 0 Å². The van der Waals surface area contributed by atoms with Crippen LogP contribution in [-0.2, 0) is 4.79 Å². The summed E-state index contributed by atoms with van der Waals surface area (Å²) in [6.07, 6.45) is 15.3. The van der Waals surface area contributed by atoms with Crippen LogP contribution in [0.15, 0.2) is 36.0 Å². The third kappa shape index (κ3) is 2.27. The highest BCUT2D eigenvalue weighted by atomic mass is 33.1. The third-order valence-corrected chi connectivity index (χ3v) is 11.2. The molecular weight excluding hydrogens is 344 g/mol. The third-order valence-electron chi connectivity index (χ3n) is 7.99. The molecule has 0 amide bonds. The van der Waals surface area contributed by atoms with Gasteiger partial charge in [-0.2, -0.15) is 0 Å². The lowest BCUT2D eigenvalue weighted by Gasteiger charge is -2.54. The summed E-state index contributed by atoms with van der Waals surface area (Å²) >= 11 is 0. The standard InChI is InChI=1S/C22H28OS2/c1-3-22-12-14(2)20-16-8-9-21(10-11-24-25-21)13-15(16)4-5-17(20)18(22)6-7-19(22)23/h6-7,13,16-18,20H,2-5,8-12H2,1H3/t16-,17-,18-,20+,21?,22-/m0/s1. The second-order valence-corrected chi connectivity index (χ2v) is 11.7. The summed E-state index contributed by atoms with van der Waals surface area (Å²) in [5, 5.41) is 0. The van der Waals surface area contributed by atoms with Crippen LogP contribution in [0.3, 0.4) is 0 Å². The Morgan fingerprint density at radius 3 is 2.96 bits per heavy atom. The van der Waals surface area contributed by atoms with E-state index in [2.05, 4.69) is 47.2 Å². The zero-order valence-electron chi connectivity index (χ0n) is 15.1. The first-order valence-electron chi connectivity index (χ1n) is 10.0. The van der Waals surface area contributed by atoms with E-state index in [0.29, 0.717) is 34.2 Å². The number of fused-ring (bicyclic) bond motifs is 5. The first-order chi connectivity index (χ1) is 12.1. The van der Waals surface area contributed by atoms with Crippen LogP contribution in [0.25, 0.3) is 0 Å². The Morgan fingerprint density at radius 2 is 2.20 bits per heavy atom. The van der Waals surface area contributed by atoms with Crippen LogP contribution in [0.4, 0.5) is 0 Å². The van der Waals surface area contributed by atoms with Gasteiger partial charge < -0.3 is 0 Å². The molecule has 3 heteroatoms. The van der Waals surface area contributed by atoms with Crippen molar-refractivity contribution in [1.82, 2.24) is 0 Å². The monoisotopic (exact) mass is 372 g/mol. The van der Waals surface area contributed by atoms with Gasteiger partial charge >= 0.3 is 0 Å². The Bertz CT molecular complexity index is 684. The van der Waals surface area contributed by atoms with Crippen molar-refractivity contribution in [3.63, 3.8) is 0 Å². The summed E-state index contributed by atoms with van der Waals surface area (Å²) in [5.74, 6) is 4.13. The molecular formula is C22H28OS2. The molecule has 1 heterocycles. The fourth-order valence-corrected chi connectivity index (χ4v) is 10.1. The number of hydrogen-bond donors (Lipinski definition) is 0. The molecule has 3 fully saturated rings. The molecule has 0 radical (unpaired) electrons. The number of rotatable bonds is 1. The van der Waals surface area contributed by atoms with E-state index in [1.807, 2.05) is 6.08 Å². The molecule has 0 aromatic heterocycles. The van der Waals surface area contributed by atoms with E-state index < -0.39 is 0 Å². The van der Waals surface area contributed by atoms with E-state index in [9.17, 15) is 4.79 Å². The molecule has 0 aromatic rings. The van der Waals surface area contributed by atoms with Gasteiger partial charge in [0.05, 0.1) is 0 Å². The van der Waals surface area contributed by atoms with Gasteiger partial charge in [-0.3, -0.25) is 4.79 Å². The van der Waals surface area contributed by atoms with Crippen LogP contribution in [0.2, 0.25) is 0 Å². The van der Waals surface area contributed by atoms with Gasteiger partial charge in [0.1, 0.15) is 0 Å². The Morgan fingerprint density at radius 1 is 1.32 bits per heavy atom. The summed E-state index contributed by atoms with van der Waals surface area (Å²) in [7, 11) is 4.20. The summed E-state index contributed by atoms with van der Waals surface area (Å²) in [5.41, 5.74) is 2.98. The Hall–Kier alpha value is -0.410. The van der Waals surface area contributed by atoms with Gasteiger partial charge in [-0.05, 0) is 74.7 Å². The minimum Gasteiger partial charge on any atom is -0.294 e. The zero-order chi connectivity index (χ0) is 17.2. The maximum absolute atomic E-state index is 12.7. The Kier molecular flexibility index (Phi) is 3.88. The number of hydrogen-bond acceptors (Lipinski definition) is 3. The quantitative estimate of drug-likeness (QED) is 0.416. The van der Waals surface area contributed by atoms with Crippen molar-refractivity contribution in [1.29, 1.82) is 0 Å². The maximum Gasteiger partial charge on any atom is 0.162 e. The van der Waals surface area contributed by atoms with Crippen molar-refractivity contribution in [3.05, 3.63) is 36.0 Å². The van der Waals surface area contributed by atoms with Crippen molar-refractivity contribution < 1.29 is 4.79 Å². The molecule has 2 saturated carbocycles. The van der Waals surface area contributed by atoms with E-state index in [0.717, 1.165) is 12.8 Å². The van der Waals surface area contributed by atoms with E-state index >= 15 is 0 Å². The predicted molar refractivity (Wildman–Crippen MR) is 109 cm³/mol. The van der Waals surface area contributed by atoms with Gasteiger partial charge in [-0.1, -0.05) is 58.4 Å². The SMILES string of the molecule is C=C1C[C@]2(CC)C(=O)C=C[C@H]2[C@@H]2CCC3=CC4(CCSS4)CC[C@@H]3[C@@H]12. The number of carbonyl (C=O) groups excluding carboxylic acids is 1. The van der Waals surface area contributed by atoms with Crippen LogP contribution in [-0.4, -0.2) is 16.3 Å². The second kappa shape index (κ2) is 5.79. The summed E-state index contributed by atoms with van der Waals surface area (Å²) < 4.78 is 0.440. The van der Waals surface area contributed by atoms with Gasteiger partial charge in [0.2, 0.25) is 0 Å². The first-order valence-corrected chi connectivity index (χ1v) is 12.3. The molecule has 4 aliphatic carbocycles. The molecule has 134 valence electrons. The average Bonchev–Trinajstić information content (AvgIpc) is 3.20. The molecule has 0 aromatic carbocycles. The molecule has 1 spiro atoms. The van der Waals surface area contributed by atoms with Gasteiger partial charge in [-0.25, -0.2) is 0 Å². The Labute approximate surface area is 159 Å². The first kappa shape index (κ1) is 16.7. The van der Waals surface area contributed by atoms with Crippen molar-refractivity contribution in [2.75, 3.05) is 5.75 Å². The van der Waals surface area contributed by atoms with Gasteiger partial charge in [0, 0.05) is 15.9 Å². The molecule has 0 N–H and O–H groups in total. The topological polar surface area (TPSA) is 17.1 Å². The summed E-state index contributed by atoms with van der Waals surface area (Å²) in [6.45, 7) is 6.76. The average molecular weight is 373 g/mol. The molecule has 1 aliphatic heterocycles. The van der Waals surface area contributed by atoms with Crippen molar-refractivity contribution in [2.24, 2.45) is 29.1 Å². The highest BCUT2D eigenvalue weighted by molar-refractivity contribution is 8.77. The van der Waals surface area contributed by atoms with E-state index in [1.54, 1.807) is 5.57 Å². The lowest BCUT2D eigenvalue weighted by atomic mass is 9.49. The van der Waals surface area contributed by atoms with Crippen LogP contribution in [0, 0.1) is 29.1 Å². The smallest absolute Gasteiger partial charge is 0.162 e. The van der Waals surface area contributed by atoms with Gasteiger partial charge in [0.25, 0.3) is 0 Å². The van der Waals surface area contributed by atoms with Crippen molar-refractivity contribution in [3.8, 4) is 0 Å². The zero-order valence-corrected chi connectivity index (χ0v) is 16.8. The maximum atomic E-state index is 12.7. The number of carbonyl (C=O) groups is 1. The van der Waals surface area contributed by atoms with E-state index in [4.69, 9.17) is 0 Å². The van der Waals surface area contributed by atoms with Crippen LogP contribution >= 0.6 is 21.6 Å². The van der Waals surface area contributed by atoms with Crippen molar-refractivity contribution in [2.45, 2.75) is 56.6 Å². The molecule has 6 atom stereocenters. The minimum atomic E-state index is -0.146. The fourth-order valence-electron chi connectivity index (χ4n) is 6.77. The minimum absolute atomic E-state index is 0.146. The fraction of sp³-hybridized carbons (Fsp3) is 0.682. The predicted octanol–water partition coefficient (Wildman–Crippen LogP) is 5.98. The van der Waals surface area contributed by atoms with Gasteiger partial charge in [0.15, 0.2) is 5.78 Å². The summed E-state index contributed by atoms with van der Waals surface area (Å²) in [6, 6.07) is 0.